The third-order valence-corrected chi connectivity index (χ3v) is 5.45. The van der Waals surface area contributed by atoms with Crippen molar-refractivity contribution in [2.24, 2.45) is 7.05 Å². The minimum atomic E-state index is 0.412. The fourth-order valence-electron chi connectivity index (χ4n) is 3.34. The average molecular weight is 416 g/mol. The Morgan fingerprint density at radius 1 is 0.935 bits per heavy atom. The second-order valence-corrected chi connectivity index (χ2v) is 7.92. The molecule has 0 saturated heterocycles. The van der Waals surface area contributed by atoms with E-state index < -0.39 is 0 Å². The number of ether oxygens (including phenoxy) is 2. The van der Waals surface area contributed by atoms with Crippen LogP contribution in [0.25, 0.3) is 11.0 Å². The van der Waals surface area contributed by atoms with Crippen molar-refractivity contribution in [2.45, 2.75) is 39.8 Å². The fourth-order valence-corrected chi connectivity index (χ4v) is 3.34. The van der Waals surface area contributed by atoms with Crippen LogP contribution in [0.3, 0.4) is 0 Å². The highest BCUT2D eigenvalue weighted by molar-refractivity contribution is 5.77. The third kappa shape index (κ3) is 5.00. The molecule has 0 aliphatic heterocycles. The number of imidazole rings is 1. The van der Waals surface area contributed by atoms with Gasteiger partial charge in [-0.25, -0.2) is 4.98 Å². The zero-order valence-corrected chi connectivity index (χ0v) is 18.6. The molecule has 5 heteroatoms. The van der Waals surface area contributed by atoms with E-state index in [9.17, 15) is 0 Å². The molecule has 3 aromatic carbocycles. The summed E-state index contributed by atoms with van der Waals surface area (Å²) in [4.78, 5) is 4.71. The Kier molecular flexibility index (Phi) is 6.12. The Balaban J connectivity index is 1.46. The Bertz CT molecular complexity index is 1150. The molecule has 5 nitrogen and oxygen atoms in total. The predicted molar refractivity (Wildman–Crippen MR) is 126 cm³/mol. The molecule has 31 heavy (non-hydrogen) atoms. The molecule has 4 aromatic rings. The standard InChI is InChI=1S/C26H29N3O2/c1-5-19(3)27-20-8-12-22(13-9-20)31-23-14-15-24-25(16-23)29(4)26(28-24)17-30-21-10-6-18(2)7-11-21/h6-16,19,27H,5,17H2,1-4H3. The maximum absolute atomic E-state index is 6.08. The number of rotatable bonds is 8. The first-order valence-corrected chi connectivity index (χ1v) is 10.7. The number of benzene rings is 3. The summed E-state index contributed by atoms with van der Waals surface area (Å²) in [5, 5.41) is 3.46. The van der Waals surface area contributed by atoms with Crippen LogP contribution in [0.15, 0.2) is 66.7 Å². The first kappa shape index (κ1) is 20.8. The lowest BCUT2D eigenvalue weighted by molar-refractivity contribution is 0.292. The maximum atomic E-state index is 6.08. The Morgan fingerprint density at radius 2 is 1.61 bits per heavy atom. The van der Waals surface area contributed by atoms with Crippen LogP contribution in [0.4, 0.5) is 5.69 Å². The van der Waals surface area contributed by atoms with Crippen molar-refractivity contribution in [2.75, 3.05) is 5.32 Å². The van der Waals surface area contributed by atoms with Gasteiger partial charge in [-0.2, -0.15) is 0 Å². The van der Waals surface area contributed by atoms with Crippen molar-refractivity contribution in [1.29, 1.82) is 0 Å². The van der Waals surface area contributed by atoms with Gasteiger partial charge in [0.1, 0.15) is 29.7 Å². The van der Waals surface area contributed by atoms with Crippen molar-refractivity contribution in [3.8, 4) is 17.2 Å². The van der Waals surface area contributed by atoms with E-state index >= 15 is 0 Å². The van der Waals surface area contributed by atoms with Gasteiger partial charge >= 0.3 is 0 Å². The summed E-state index contributed by atoms with van der Waals surface area (Å²) in [7, 11) is 2.00. The summed E-state index contributed by atoms with van der Waals surface area (Å²) < 4.78 is 14.0. The highest BCUT2D eigenvalue weighted by atomic mass is 16.5. The lowest BCUT2D eigenvalue weighted by Crippen LogP contribution is -2.12. The summed E-state index contributed by atoms with van der Waals surface area (Å²) >= 11 is 0. The average Bonchev–Trinajstić information content (AvgIpc) is 3.10. The molecular weight excluding hydrogens is 386 g/mol. The zero-order chi connectivity index (χ0) is 21.8. The van der Waals surface area contributed by atoms with E-state index in [2.05, 4.69) is 30.7 Å². The molecule has 1 atom stereocenters. The molecule has 0 saturated carbocycles. The van der Waals surface area contributed by atoms with E-state index in [-0.39, 0.29) is 0 Å². The smallest absolute Gasteiger partial charge is 0.147 e. The van der Waals surface area contributed by atoms with Crippen LogP contribution in [0.1, 0.15) is 31.7 Å². The second-order valence-electron chi connectivity index (χ2n) is 7.92. The molecule has 1 aromatic heterocycles. The third-order valence-electron chi connectivity index (χ3n) is 5.45. The van der Waals surface area contributed by atoms with Gasteiger partial charge in [0.05, 0.1) is 11.0 Å². The van der Waals surface area contributed by atoms with E-state index in [4.69, 9.17) is 14.5 Å². The molecule has 1 N–H and O–H groups in total. The largest absolute Gasteiger partial charge is 0.486 e. The number of hydrogen-bond donors (Lipinski definition) is 1. The number of nitrogens with one attached hydrogen (secondary N) is 1. The van der Waals surface area contributed by atoms with Crippen LogP contribution in [-0.4, -0.2) is 15.6 Å². The van der Waals surface area contributed by atoms with Gasteiger partial charge in [0.15, 0.2) is 0 Å². The van der Waals surface area contributed by atoms with Crippen LogP contribution in [-0.2, 0) is 13.7 Å². The lowest BCUT2D eigenvalue weighted by atomic mass is 10.2. The summed E-state index contributed by atoms with van der Waals surface area (Å²) in [6.07, 6.45) is 1.08. The number of aromatic nitrogens is 2. The van der Waals surface area contributed by atoms with Crippen molar-refractivity contribution in [3.05, 3.63) is 78.1 Å². The van der Waals surface area contributed by atoms with Crippen molar-refractivity contribution >= 4 is 16.7 Å². The Labute approximate surface area is 183 Å². The Morgan fingerprint density at radius 3 is 2.32 bits per heavy atom. The molecule has 0 aliphatic carbocycles. The predicted octanol–water partition coefficient (Wildman–Crippen LogP) is 6.46. The van der Waals surface area contributed by atoms with Crippen LogP contribution in [0.2, 0.25) is 0 Å². The molecule has 160 valence electrons. The molecule has 0 bridgehead atoms. The number of aryl methyl sites for hydroxylation is 2. The van der Waals surface area contributed by atoms with Gasteiger partial charge in [-0.1, -0.05) is 24.6 Å². The quantitative estimate of drug-likeness (QED) is 0.359. The first-order chi connectivity index (χ1) is 15.0. The van der Waals surface area contributed by atoms with Crippen molar-refractivity contribution in [1.82, 2.24) is 9.55 Å². The van der Waals surface area contributed by atoms with E-state index in [1.165, 1.54) is 5.56 Å². The van der Waals surface area contributed by atoms with E-state index in [0.29, 0.717) is 12.6 Å². The second kappa shape index (κ2) is 9.13. The molecule has 1 heterocycles. The molecule has 4 rings (SSSR count). The van der Waals surface area contributed by atoms with Crippen LogP contribution in [0.5, 0.6) is 17.2 Å². The SMILES string of the molecule is CCC(C)Nc1ccc(Oc2ccc3nc(COc4ccc(C)cc4)n(C)c3c2)cc1. The topological polar surface area (TPSA) is 48.3 Å². The van der Waals surface area contributed by atoms with Crippen molar-refractivity contribution < 1.29 is 9.47 Å². The number of fused-ring (bicyclic) bond motifs is 1. The van der Waals surface area contributed by atoms with Crippen LogP contribution in [0, 0.1) is 6.92 Å². The van der Waals surface area contributed by atoms with Gasteiger partial charge in [-0.15, -0.1) is 0 Å². The zero-order valence-electron chi connectivity index (χ0n) is 18.6. The van der Waals surface area contributed by atoms with E-state index in [1.54, 1.807) is 0 Å². The minimum Gasteiger partial charge on any atom is -0.486 e. The lowest BCUT2D eigenvalue weighted by Gasteiger charge is -2.13. The molecule has 0 aliphatic rings. The molecule has 0 spiro atoms. The fraction of sp³-hybridized carbons (Fsp3) is 0.269. The van der Waals surface area contributed by atoms with Crippen LogP contribution >= 0.6 is 0 Å². The summed E-state index contributed by atoms with van der Waals surface area (Å²) in [6, 6.07) is 22.5. The van der Waals surface area contributed by atoms with Gasteiger partial charge in [-0.3, -0.25) is 0 Å². The maximum Gasteiger partial charge on any atom is 0.147 e. The highest BCUT2D eigenvalue weighted by Crippen LogP contribution is 2.27. The number of nitrogens with zero attached hydrogens (tertiary/aromatic N) is 2. The van der Waals surface area contributed by atoms with E-state index in [1.807, 2.05) is 73.8 Å². The minimum absolute atomic E-state index is 0.412. The molecule has 0 amide bonds. The van der Waals surface area contributed by atoms with Gasteiger partial charge in [0.2, 0.25) is 0 Å². The summed E-state index contributed by atoms with van der Waals surface area (Å²) in [6.45, 7) is 6.82. The highest BCUT2D eigenvalue weighted by Gasteiger charge is 2.10. The van der Waals surface area contributed by atoms with Crippen molar-refractivity contribution in [3.63, 3.8) is 0 Å². The van der Waals surface area contributed by atoms with Gasteiger partial charge < -0.3 is 19.4 Å². The molecule has 0 radical (unpaired) electrons. The van der Waals surface area contributed by atoms with Gasteiger partial charge in [-0.05, 0) is 68.8 Å². The normalized spacial score (nSPS) is 12.0. The molecular formula is C26H29N3O2. The summed E-state index contributed by atoms with van der Waals surface area (Å²) in [5.41, 5.74) is 4.24. The summed E-state index contributed by atoms with van der Waals surface area (Å²) in [5.74, 6) is 3.30. The molecule has 1 unspecified atom stereocenters. The van der Waals surface area contributed by atoms with Gasteiger partial charge in [0, 0.05) is 24.8 Å². The first-order valence-electron chi connectivity index (χ1n) is 10.7. The monoisotopic (exact) mass is 415 g/mol. The number of hydrogen-bond acceptors (Lipinski definition) is 4. The van der Waals surface area contributed by atoms with E-state index in [0.717, 1.165) is 46.2 Å². The Hall–Kier alpha value is -3.47. The van der Waals surface area contributed by atoms with Gasteiger partial charge in [0.25, 0.3) is 0 Å². The number of anilines is 1. The molecule has 0 fully saturated rings. The van der Waals surface area contributed by atoms with Crippen LogP contribution < -0.4 is 14.8 Å².